The van der Waals surface area contributed by atoms with Crippen LogP contribution in [0.15, 0.2) is 53.4 Å². The fraction of sp³-hybridized carbons (Fsp3) is 0.333. The molecule has 0 aliphatic carbocycles. The molecule has 1 saturated heterocycles. The molecule has 7 nitrogen and oxygen atoms in total. The quantitative estimate of drug-likeness (QED) is 0.542. The second-order valence-electron chi connectivity index (χ2n) is 8.22. The molecule has 0 unspecified atom stereocenters. The highest BCUT2D eigenvalue weighted by Gasteiger charge is 2.28. The van der Waals surface area contributed by atoms with E-state index in [1.807, 2.05) is 31.2 Å². The maximum atomic E-state index is 12.9. The number of amides is 1. The predicted octanol–water partition coefficient (Wildman–Crippen LogP) is 4.80. The number of aromatic nitrogens is 1. The third-order valence-electron chi connectivity index (χ3n) is 5.88. The average Bonchev–Trinajstić information content (AvgIpc) is 3.19. The number of rotatable bonds is 6. The number of nitrogens with zero attached hydrogens (tertiary/aromatic N) is 2. The van der Waals surface area contributed by atoms with Gasteiger partial charge < -0.3 is 4.74 Å². The maximum Gasteiger partial charge on any atom is 0.257 e. The van der Waals surface area contributed by atoms with Crippen molar-refractivity contribution in [2.75, 3.05) is 25.5 Å². The Bertz CT molecular complexity index is 1230. The first-order valence-electron chi connectivity index (χ1n) is 10.8. The van der Waals surface area contributed by atoms with Crippen molar-refractivity contribution in [1.82, 2.24) is 9.29 Å². The molecule has 33 heavy (non-hydrogen) atoms. The number of carbonyl (C=O) groups is 1. The monoisotopic (exact) mass is 485 g/mol. The summed E-state index contributed by atoms with van der Waals surface area (Å²) in [6.45, 7) is 5.16. The number of nitrogens with one attached hydrogen (secondary N) is 1. The molecule has 0 saturated carbocycles. The number of thiazole rings is 1. The van der Waals surface area contributed by atoms with Crippen LogP contribution in [0.4, 0.5) is 5.13 Å². The summed E-state index contributed by atoms with van der Waals surface area (Å²) in [5, 5.41) is 3.31. The summed E-state index contributed by atoms with van der Waals surface area (Å²) in [5.74, 6) is 0.975. The van der Waals surface area contributed by atoms with E-state index in [1.54, 1.807) is 19.2 Å². The van der Waals surface area contributed by atoms with Gasteiger partial charge in [0, 0.05) is 29.1 Å². The molecule has 9 heteroatoms. The summed E-state index contributed by atoms with van der Waals surface area (Å²) >= 11 is 1.39. The number of benzene rings is 2. The SMILES string of the molecule is COc1ccc(-c2nc(NC(=O)c3ccc(S(=O)(=O)N4CCC(C)CC4)cc3)sc2C)cc1. The van der Waals surface area contributed by atoms with Crippen LogP contribution in [0, 0.1) is 12.8 Å². The number of aryl methyl sites for hydroxylation is 1. The summed E-state index contributed by atoms with van der Waals surface area (Å²) in [6, 6.07) is 13.7. The van der Waals surface area contributed by atoms with Gasteiger partial charge >= 0.3 is 0 Å². The molecule has 1 fully saturated rings. The van der Waals surface area contributed by atoms with Crippen LogP contribution in [0.1, 0.15) is 35.0 Å². The standard InChI is InChI=1S/C24H27N3O4S2/c1-16-12-14-27(15-13-16)33(29,30)21-10-6-19(7-11-21)23(28)26-24-25-22(17(2)32-24)18-4-8-20(31-3)9-5-18/h4-11,16H,12-15H2,1-3H3,(H,25,26,28). The van der Waals surface area contributed by atoms with Crippen molar-refractivity contribution < 1.29 is 17.9 Å². The van der Waals surface area contributed by atoms with Crippen molar-refractivity contribution in [2.45, 2.75) is 31.6 Å². The third-order valence-corrected chi connectivity index (χ3v) is 8.68. The maximum absolute atomic E-state index is 12.9. The smallest absolute Gasteiger partial charge is 0.257 e. The molecular formula is C24H27N3O4S2. The van der Waals surface area contributed by atoms with Gasteiger partial charge in [-0.1, -0.05) is 6.92 Å². The Kier molecular flexibility index (Phi) is 6.83. The summed E-state index contributed by atoms with van der Waals surface area (Å²) in [6.07, 6.45) is 1.73. The van der Waals surface area contributed by atoms with Gasteiger partial charge in [-0.05, 0) is 74.2 Å². The Morgan fingerprint density at radius 1 is 1.09 bits per heavy atom. The second-order valence-corrected chi connectivity index (χ2v) is 11.4. The molecule has 1 aliphatic heterocycles. The Labute approximate surface area is 198 Å². The zero-order valence-corrected chi connectivity index (χ0v) is 20.5. The van der Waals surface area contributed by atoms with Gasteiger partial charge in [-0.2, -0.15) is 4.31 Å². The molecule has 2 heterocycles. The summed E-state index contributed by atoms with van der Waals surface area (Å²) in [5.41, 5.74) is 2.11. The van der Waals surface area contributed by atoms with Crippen molar-refractivity contribution in [2.24, 2.45) is 5.92 Å². The summed E-state index contributed by atoms with van der Waals surface area (Å²) in [4.78, 5) is 18.5. The van der Waals surface area contributed by atoms with Gasteiger partial charge in [0.1, 0.15) is 5.75 Å². The Hall–Kier alpha value is -2.75. The van der Waals surface area contributed by atoms with Gasteiger partial charge in [-0.25, -0.2) is 13.4 Å². The summed E-state index contributed by atoms with van der Waals surface area (Å²) in [7, 11) is -1.92. The van der Waals surface area contributed by atoms with Crippen LogP contribution in [0.25, 0.3) is 11.3 Å². The van der Waals surface area contributed by atoms with Crippen molar-refractivity contribution in [3.63, 3.8) is 0 Å². The highest BCUT2D eigenvalue weighted by molar-refractivity contribution is 7.89. The first-order chi connectivity index (χ1) is 15.8. The van der Waals surface area contributed by atoms with Crippen molar-refractivity contribution in [3.05, 3.63) is 59.0 Å². The van der Waals surface area contributed by atoms with Crippen LogP contribution in [0.3, 0.4) is 0 Å². The first-order valence-corrected chi connectivity index (χ1v) is 13.1. The number of ether oxygens (including phenoxy) is 1. The van der Waals surface area contributed by atoms with E-state index in [-0.39, 0.29) is 10.8 Å². The minimum atomic E-state index is -3.54. The van der Waals surface area contributed by atoms with Crippen molar-refractivity contribution >= 4 is 32.4 Å². The number of hydrogen-bond acceptors (Lipinski definition) is 6. The number of anilines is 1. The molecule has 1 N–H and O–H groups in total. The zero-order valence-electron chi connectivity index (χ0n) is 18.9. The molecule has 4 rings (SSSR count). The molecule has 1 aromatic heterocycles. The van der Waals surface area contributed by atoms with E-state index in [4.69, 9.17) is 4.74 Å². The van der Waals surface area contributed by atoms with Crippen LogP contribution < -0.4 is 10.1 Å². The lowest BCUT2D eigenvalue weighted by molar-refractivity contribution is 0.102. The lowest BCUT2D eigenvalue weighted by Crippen LogP contribution is -2.37. The Morgan fingerprint density at radius 2 is 1.73 bits per heavy atom. The van der Waals surface area contributed by atoms with Gasteiger partial charge in [0.15, 0.2) is 5.13 Å². The zero-order chi connectivity index (χ0) is 23.6. The number of carbonyl (C=O) groups excluding carboxylic acids is 1. The van der Waals surface area contributed by atoms with Crippen LogP contribution >= 0.6 is 11.3 Å². The highest BCUT2D eigenvalue weighted by Crippen LogP contribution is 2.31. The molecule has 0 radical (unpaired) electrons. The van der Waals surface area contributed by atoms with Crippen LogP contribution in [0.5, 0.6) is 5.75 Å². The van der Waals surface area contributed by atoms with E-state index < -0.39 is 10.0 Å². The number of piperidine rings is 1. The largest absolute Gasteiger partial charge is 0.497 e. The number of hydrogen-bond donors (Lipinski definition) is 1. The molecule has 174 valence electrons. The number of methoxy groups -OCH3 is 1. The van der Waals surface area contributed by atoms with E-state index in [0.29, 0.717) is 29.7 Å². The average molecular weight is 486 g/mol. The summed E-state index contributed by atoms with van der Waals surface area (Å²) < 4.78 is 32.5. The molecule has 2 aromatic carbocycles. The molecule has 3 aromatic rings. The van der Waals surface area contributed by atoms with Crippen molar-refractivity contribution in [3.8, 4) is 17.0 Å². The molecule has 0 bridgehead atoms. The fourth-order valence-electron chi connectivity index (χ4n) is 3.79. The molecule has 0 spiro atoms. The first kappa shape index (κ1) is 23.4. The van der Waals surface area contributed by atoms with E-state index in [0.717, 1.165) is 34.7 Å². The van der Waals surface area contributed by atoms with E-state index in [1.165, 1.54) is 27.8 Å². The fourth-order valence-corrected chi connectivity index (χ4v) is 6.09. The Morgan fingerprint density at radius 3 is 2.33 bits per heavy atom. The lowest BCUT2D eigenvalue weighted by Gasteiger charge is -2.29. The van der Waals surface area contributed by atoms with Gasteiger partial charge in [-0.15, -0.1) is 11.3 Å². The predicted molar refractivity (Wildman–Crippen MR) is 130 cm³/mol. The van der Waals surface area contributed by atoms with Crippen LogP contribution in [-0.2, 0) is 10.0 Å². The van der Waals surface area contributed by atoms with E-state index >= 15 is 0 Å². The molecule has 1 aliphatic rings. The van der Waals surface area contributed by atoms with E-state index in [2.05, 4.69) is 17.2 Å². The van der Waals surface area contributed by atoms with Gasteiger partial charge in [0.05, 0.1) is 17.7 Å². The Balaban J connectivity index is 1.46. The van der Waals surface area contributed by atoms with Crippen molar-refractivity contribution in [1.29, 1.82) is 0 Å². The topological polar surface area (TPSA) is 88.6 Å². The second kappa shape index (κ2) is 9.62. The minimum absolute atomic E-state index is 0.209. The van der Waals surface area contributed by atoms with Crippen LogP contribution in [0.2, 0.25) is 0 Å². The van der Waals surface area contributed by atoms with Gasteiger partial charge in [0.2, 0.25) is 10.0 Å². The van der Waals surface area contributed by atoms with Gasteiger partial charge in [0.25, 0.3) is 5.91 Å². The highest BCUT2D eigenvalue weighted by atomic mass is 32.2. The minimum Gasteiger partial charge on any atom is -0.497 e. The normalized spacial score (nSPS) is 15.4. The number of sulfonamides is 1. The van der Waals surface area contributed by atoms with E-state index in [9.17, 15) is 13.2 Å². The molecule has 1 amide bonds. The lowest BCUT2D eigenvalue weighted by atomic mass is 10.0. The third kappa shape index (κ3) is 5.10. The van der Waals surface area contributed by atoms with Gasteiger partial charge in [-0.3, -0.25) is 10.1 Å². The molecule has 0 atom stereocenters. The van der Waals surface area contributed by atoms with Crippen LogP contribution in [-0.4, -0.2) is 43.8 Å². The molecular weight excluding hydrogens is 458 g/mol.